The molecule has 0 amide bonds. The van der Waals surface area contributed by atoms with Crippen LogP contribution in [0.2, 0.25) is 0 Å². The molecule has 1 aromatic heterocycles. The number of H-pyrrole nitrogens is 1. The summed E-state index contributed by atoms with van der Waals surface area (Å²) in [6.45, 7) is 0.628. The van der Waals surface area contributed by atoms with Gasteiger partial charge in [-0.2, -0.15) is 0 Å². The highest BCUT2D eigenvalue weighted by molar-refractivity contribution is 7.90. The van der Waals surface area contributed by atoms with Gasteiger partial charge in [-0.25, -0.2) is 17.2 Å². The highest BCUT2D eigenvalue weighted by atomic mass is 32.2. The highest BCUT2D eigenvalue weighted by Crippen LogP contribution is 2.29. The molecule has 3 rings (SSSR count). The second kappa shape index (κ2) is 7.17. The first-order chi connectivity index (χ1) is 12.3. The van der Waals surface area contributed by atoms with Gasteiger partial charge in [0.05, 0.1) is 16.2 Å². The van der Waals surface area contributed by atoms with Crippen LogP contribution in [0, 0.1) is 11.6 Å². The Balaban J connectivity index is 2.09. The Bertz CT molecular complexity index is 1030. The van der Waals surface area contributed by atoms with E-state index >= 15 is 0 Å². The van der Waals surface area contributed by atoms with Gasteiger partial charge in [-0.3, -0.25) is 0 Å². The summed E-state index contributed by atoms with van der Waals surface area (Å²) in [5.41, 5.74) is 1.17. The van der Waals surface area contributed by atoms with Gasteiger partial charge in [0.1, 0.15) is 11.6 Å². The van der Waals surface area contributed by atoms with Crippen molar-refractivity contribution >= 4 is 20.7 Å². The smallest absolute Gasteiger partial charge is 0.183 e. The minimum atomic E-state index is -3.61. The molecule has 0 saturated carbocycles. The normalized spacial score (nSPS) is 12.2. The number of hydrogen-bond acceptors (Lipinski definition) is 3. The summed E-state index contributed by atoms with van der Waals surface area (Å²) in [5, 5.41) is 0.391. The number of halogens is 2. The van der Waals surface area contributed by atoms with E-state index in [1.54, 1.807) is 18.2 Å². The number of nitrogens with zero attached hydrogens (tertiary/aromatic N) is 1. The van der Waals surface area contributed by atoms with E-state index in [-0.39, 0.29) is 16.2 Å². The van der Waals surface area contributed by atoms with Gasteiger partial charge >= 0.3 is 0 Å². The number of aromatic amines is 1. The van der Waals surface area contributed by atoms with Crippen molar-refractivity contribution in [2.75, 3.05) is 20.6 Å². The van der Waals surface area contributed by atoms with Crippen molar-refractivity contribution in [3.05, 3.63) is 65.4 Å². The lowest BCUT2D eigenvalue weighted by atomic mass is 10.1. The molecule has 0 fully saturated rings. The molecule has 7 heteroatoms. The van der Waals surface area contributed by atoms with Crippen molar-refractivity contribution in [1.29, 1.82) is 0 Å². The Labute approximate surface area is 151 Å². The van der Waals surface area contributed by atoms with Gasteiger partial charge in [-0.15, -0.1) is 0 Å². The predicted molar refractivity (Wildman–Crippen MR) is 97.8 cm³/mol. The lowest BCUT2D eigenvalue weighted by molar-refractivity contribution is 0.414. The number of aromatic nitrogens is 1. The summed E-state index contributed by atoms with van der Waals surface area (Å²) in [6.07, 6.45) is 0.482. The Morgan fingerprint density at radius 1 is 1.08 bits per heavy atom. The van der Waals surface area contributed by atoms with E-state index in [0.29, 0.717) is 29.6 Å². The SMILES string of the molecule is CN(C)CCc1c(CS(=O)(=O)c2ccccc2)[nH]c2c(F)cc(F)cc12. The van der Waals surface area contributed by atoms with E-state index < -0.39 is 21.5 Å². The highest BCUT2D eigenvalue weighted by Gasteiger charge is 2.22. The number of benzene rings is 2. The van der Waals surface area contributed by atoms with E-state index in [9.17, 15) is 17.2 Å². The van der Waals surface area contributed by atoms with Crippen LogP contribution < -0.4 is 0 Å². The van der Waals surface area contributed by atoms with Crippen LogP contribution in [0.1, 0.15) is 11.3 Å². The molecule has 2 aromatic carbocycles. The maximum Gasteiger partial charge on any atom is 0.183 e. The van der Waals surface area contributed by atoms with Gasteiger partial charge in [0, 0.05) is 23.7 Å². The maximum absolute atomic E-state index is 14.2. The topological polar surface area (TPSA) is 53.2 Å². The molecule has 0 aliphatic rings. The molecule has 3 aromatic rings. The number of sulfone groups is 1. The van der Waals surface area contributed by atoms with Gasteiger partial charge in [0.2, 0.25) is 0 Å². The lowest BCUT2D eigenvalue weighted by Crippen LogP contribution is -2.16. The Hall–Kier alpha value is -2.25. The fourth-order valence-electron chi connectivity index (χ4n) is 2.97. The molecule has 0 aliphatic heterocycles. The maximum atomic E-state index is 14.2. The van der Waals surface area contributed by atoms with Crippen molar-refractivity contribution in [3.8, 4) is 0 Å². The van der Waals surface area contributed by atoms with Gasteiger partial charge in [0.25, 0.3) is 0 Å². The zero-order valence-corrected chi connectivity index (χ0v) is 15.4. The fraction of sp³-hybridized carbons (Fsp3) is 0.263. The zero-order chi connectivity index (χ0) is 18.9. The summed E-state index contributed by atoms with van der Waals surface area (Å²) < 4.78 is 53.3. The van der Waals surface area contributed by atoms with Crippen LogP contribution in [-0.4, -0.2) is 38.9 Å². The fourth-order valence-corrected chi connectivity index (χ4v) is 4.34. The van der Waals surface area contributed by atoms with Gasteiger partial charge in [0.15, 0.2) is 9.84 Å². The minimum Gasteiger partial charge on any atom is -0.355 e. The number of likely N-dealkylation sites (N-methyl/N-ethyl adjacent to an activating group) is 1. The molecule has 0 unspecified atom stereocenters. The molecule has 1 heterocycles. The lowest BCUT2D eigenvalue weighted by Gasteiger charge is -2.11. The third kappa shape index (κ3) is 3.78. The standard InChI is InChI=1S/C19H20F2N2O2S/c1-23(2)9-8-15-16-10-13(20)11-17(21)19(16)22-18(15)12-26(24,25)14-6-4-3-5-7-14/h3-7,10-11,22H,8-9,12H2,1-2H3. The largest absolute Gasteiger partial charge is 0.355 e. The zero-order valence-electron chi connectivity index (χ0n) is 14.6. The van der Waals surface area contributed by atoms with Gasteiger partial charge < -0.3 is 9.88 Å². The van der Waals surface area contributed by atoms with Crippen molar-refractivity contribution < 1.29 is 17.2 Å². The van der Waals surface area contributed by atoms with Crippen molar-refractivity contribution in [1.82, 2.24) is 9.88 Å². The average Bonchev–Trinajstić information content (AvgIpc) is 2.90. The van der Waals surface area contributed by atoms with Crippen molar-refractivity contribution in [3.63, 3.8) is 0 Å². The van der Waals surface area contributed by atoms with E-state index in [1.807, 2.05) is 19.0 Å². The summed E-state index contributed by atoms with van der Waals surface area (Å²) in [7, 11) is 0.165. The minimum absolute atomic E-state index is 0.137. The monoisotopic (exact) mass is 378 g/mol. The molecule has 0 saturated heterocycles. The Morgan fingerprint density at radius 3 is 2.42 bits per heavy atom. The first kappa shape index (κ1) is 18.5. The molecule has 0 aliphatic carbocycles. The number of fused-ring (bicyclic) bond motifs is 1. The van der Waals surface area contributed by atoms with Crippen LogP contribution in [0.25, 0.3) is 10.9 Å². The van der Waals surface area contributed by atoms with E-state index in [2.05, 4.69) is 4.98 Å². The molecule has 0 atom stereocenters. The molecule has 0 spiro atoms. The van der Waals surface area contributed by atoms with E-state index in [1.165, 1.54) is 18.2 Å². The predicted octanol–water partition coefficient (Wildman–Crippen LogP) is 3.52. The van der Waals surface area contributed by atoms with Crippen LogP contribution in [0.5, 0.6) is 0 Å². The van der Waals surface area contributed by atoms with Crippen LogP contribution in [0.15, 0.2) is 47.4 Å². The van der Waals surface area contributed by atoms with E-state index in [4.69, 9.17) is 0 Å². The molecule has 26 heavy (non-hydrogen) atoms. The third-order valence-corrected chi connectivity index (χ3v) is 5.93. The number of nitrogens with one attached hydrogen (secondary N) is 1. The molecule has 0 radical (unpaired) electrons. The molecule has 138 valence electrons. The summed E-state index contributed by atoms with van der Waals surface area (Å²) >= 11 is 0. The number of rotatable bonds is 6. The first-order valence-corrected chi connectivity index (χ1v) is 9.84. The molecule has 4 nitrogen and oxygen atoms in total. The average molecular weight is 378 g/mol. The summed E-state index contributed by atoms with van der Waals surface area (Å²) in [6, 6.07) is 10.1. The Kier molecular flexibility index (Phi) is 5.11. The van der Waals surface area contributed by atoms with Gasteiger partial charge in [-0.05, 0) is 44.3 Å². The molecular weight excluding hydrogens is 358 g/mol. The third-order valence-electron chi connectivity index (χ3n) is 4.27. The summed E-state index contributed by atoms with van der Waals surface area (Å²) in [5.74, 6) is -1.71. The Morgan fingerprint density at radius 2 is 1.77 bits per heavy atom. The van der Waals surface area contributed by atoms with Crippen LogP contribution in [0.3, 0.4) is 0 Å². The van der Waals surface area contributed by atoms with Gasteiger partial charge in [-0.1, -0.05) is 18.2 Å². The van der Waals surface area contributed by atoms with E-state index in [0.717, 1.165) is 6.07 Å². The van der Waals surface area contributed by atoms with Crippen LogP contribution in [0.4, 0.5) is 8.78 Å². The molecular formula is C19H20F2N2O2S. The van der Waals surface area contributed by atoms with Crippen molar-refractivity contribution in [2.24, 2.45) is 0 Å². The molecule has 0 bridgehead atoms. The summed E-state index contributed by atoms with van der Waals surface area (Å²) in [4.78, 5) is 5.00. The molecule has 1 N–H and O–H groups in total. The second-order valence-electron chi connectivity index (χ2n) is 6.52. The second-order valence-corrected chi connectivity index (χ2v) is 8.51. The van der Waals surface area contributed by atoms with Crippen molar-refractivity contribution in [2.45, 2.75) is 17.1 Å². The number of hydrogen-bond donors (Lipinski definition) is 1. The van der Waals surface area contributed by atoms with Crippen LogP contribution >= 0.6 is 0 Å². The van der Waals surface area contributed by atoms with Crippen LogP contribution in [-0.2, 0) is 22.0 Å². The quantitative estimate of drug-likeness (QED) is 0.714. The first-order valence-electron chi connectivity index (χ1n) is 8.19.